The number of hydrogen-bond donors (Lipinski definition) is 2. The molecule has 5 nitrogen and oxygen atoms in total. The maximum atomic E-state index is 10.4. The number of ether oxygens (including phenoxy) is 2. The van der Waals surface area contributed by atoms with Crippen molar-refractivity contribution in [2.24, 2.45) is 0 Å². The highest BCUT2D eigenvalue weighted by Crippen LogP contribution is 2.29. The van der Waals surface area contributed by atoms with Gasteiger partial charge in [0.1, 0.15) is 11.5 Å². The van der Waals surface area contributed by atoms with Crippen molar-refractivity contribution in [1.29, 1.82) is 0 Å². The first kappa shape index (κ1) is 17.8. The van der Waals surface area contributed by atoms with Crippen LogP contribution in [0.25, 0.3) is 0 Å². The van der Waals surface area contributed by atoms with Crippen molar-refractivity contribution in [3.63, 3.8) is 0 Å². The third kappa shape index (κ3) is 5.91. The number of aliphatic hydroxyl groups excluding tert-OH is 1. The Bertz CT molecular complexity index is 424. The molecule has 2 unspecified atom stereocenters. The molecule has 0 spiro atoms. The summed E-state index contributed by atoms with van der Waals surface area (Å²) in [6.45, 7) is 3.63. The average Bonchev–Trinajstić information content (AvgIpc) is 2.49. The van der Waals surface area contributed by atoms with Crippen LogP contribution in [0.4, 0.5) is 0 Å². The van der Waals surface area contributed by atoms with E-state index in [-0.39, 0.29) is 0 Å². The van der Waals surface area contributed by atoms with Crippen LogP contribution in [0.2, 0.25) is 0 Å². The number of aliphatic hydroxyl groups is 1. The van der Waals surface area contributed by atoms with Crippen LogP contribution in [0.15, 0.2) is 18.2 Å². The Labute approximate surface area is 127 Å². The summed E-state index contributed by atoms with van der Waals surface area (Å²) in [6.07, 6.45) is 0.409. The Morgan fingerprint density at radius 1 is 1.24 bits per heavy atom. The molecule has 2 atom stereocenters. The predicted molar refractivity (Wildman–Crippen MR) is 85.1 cm³/mol. The van der Waals surface area contributed by atoms with Crippen LogP contribution in [-0.4, -0.2) is 57.5 Å². The molecule has 0 radical (unpaired) electrons. The lowest BCUT2D eigenvalue weighted by atomic mass is 10.1. The minimum Gasteiger partial charge on any atom is -0.497 e. The minimum absolute atomic E-state index is 0.346. The fourth-order valence-corrected chi connectivity index (χ4v) is 2.08. The van der Waals surface area contributed by atoms with E-state index in [4.69, 9.17) is 9.47 Å². The molecule has 1 aromatic carbocycles. The van der Waals surface area contributed by atoms with Crippen molar-refractivity contribution < 1.29 is 14.6 Å². The van der Waals surface area contributed by atoms with Crippen molar-refractivity contribution in [2.45, 2.75) is 25.5 Å². The summed E-state index contributed by atoms with van der Waals surface area (Å²) < 4.78 is 10.5. The van der Waals surface area contributed by atoms with E-state index in [1.54, 1.807) is 14.2 Å². The van der Waals surface area contributed by atoms with Gasteiger partial charge in [-0.3, -0.25) is 0 Å². The molecular weight excluding hydrogens is 268 g/mol. The standard InChI is InChI=1S/C16H28N2O3/c1-12(8-9-18(2)3)17-11-15(19)14-10-13(20-4)6-7-16(14)21-5/h6-7,10,12,15,17,19H,8-9,11H2,1-5H3. The largest absolute Gasteiger partial charge is 0.497 e. The Hall–Kier alpha value is -1.30. The average molecular weight is 296 g/mol. The molecule has 5 heteroatoms. The van der Waals surface area contributed by atoms with E-state index < -0.39 is 6.10 Å². The zero-order valence-electron chi connectivity index (χ0n) is 13.7. The van der Waals surface area contributed by atoms with Gasteiger partial charge in [0, 0.05) is 18.2 Å². The van der Waals surface area contributed by atoms with Crippen molar-refractivity contribution in [2.75, 3.05) is 41.4 Å². The lowest BCUT2D eigenvalue weighted by Crippen LogP contribution is -2.33. The molecule has 0 aliphatic rings. The molecule has 0 bridgehead atoms. The van der Waals surface area contributed by atoms with Crippen LogP contribution in [0.3, 0.4) is 0 Å². The summed E-state index contributed by atoms with van der Waals surface area (Å²) in [6, 6.07) is 5.80. The smallest absolute Gasteiger partial charge is 0.124 e. The molecular formula is C16H28N2O3. The van der Waals surface area contributed by atoms with Crippen molar-refractivity contribution >= 4 is 0 Å². The quantitative estimate of drug-likeness (QED) is 0.726. The third-order valence-corrected chi connectivity index (χ3v) is 3.46. The van der Waals surface area contributed by atoms with E-state index in [9.17, 15) is 5.11 Å². The van der Waals surface area contributed by atoms with E-state index in [2.05, 4.69) is 31.2 Å². The van der Waals surface area contributed by atoms with E-state index in [1.165, 1.54) is 0 Å². The summed E-state index contributed by atoms with van der Waals surface area (Å²) >= 11 is 0. The molecule has 21 heavy (non-hydrogen) atoms. The van der Waals surface area contributed by atoms with Gasteiger partial charge in [-0.25, -0.2) is 0 Å². The van der Waals surface area contributed by atoms with Gasteiger partial charge in [0.15, 0.2) is 0 Å². The second-order valence-corrected chi connectivity index (χ2v) is 5.52. The molecule has 0 heterocycles. The molecule has 0 aliphatic carbocycles. The normalized spacial score (nSPS) is 14.0. The van der Waals surface area contributed by atoms with Crippen molar-refractivity contribution in [3.05, 3.63) is 23.8 Å². The van der Waals surface area contributed by atoms with Crippen LogP contribution < -0.4 is 14.8 Å². The first-order valence-electron chi connectivity index (χ1n) is 7.26. The number of nitrogens with one attached hydrogen (secondary N) is 1. The molecule has 0 aromatic heterocycles. The van der Waals surface area contributed by atoms with E-state index in [0.717, 1.165) is 18.5 Å². The minimum atomic E-state index is -0.628. The molecule has 0 aliphatic heterocycles. The van der Waals surface area contributed by atoms with Gasteiger partial charge in [-0.05, 0) is 52.2 Å². The van der Waals surface area contributed by atoms with Gasteiger partial charge in [0.25, 0.3) is 0 Å². The lowest BCUT2D eigenvalue weighted by Gasteiger charge is -2.20. The Morgan fingerprint density at radius 2 is 1.95 bits per heavy atom. The highest BCUT2D eigenvalue weighted by molar-refractivity contribution is 5.41. The van der Waals surface area contributed by atoms with Crippen molar-refractivity contribution in [3.8, 4) is 11.5 Å². The summed E-state index contributed by atoms with van der Waals surface area (Å²) in [5.74, 6) is 1.39. The molecule has 0 saturated carbocycles. The van der Waals surface area contributed by atoms with Gasteiger partial charge in [0.05, 0.1) is 20.3 Å². The van der Waals surface area contributed by atoms with Gasteiger partial charge < -0.3 is 24.8 Å². The first-order valence-corrected chi connectivity index (χ1v) is 7.26. The molecule has 1 aromatic rings. The monoisotopic (exact) mass is 296 g/mol. The lowest BCUT2D eigenvalue weighted by molar-refractivity contribution is 0.164. The van der Waals surface area contributed by atoms with Gasteiger partial charge >= 0.3 is 0 Å². The molecule has 0 amide bonds. The van der Waals surface area contributed by atoms with E-state index in [1.807, 2.05) is 18.2 Å². The molecule has 120 valence electrons. The first-order chi connectivity index (χ1) is 9.97. The zero-order valence-corrected chi connectivity index (χ0v) is 13.7. The fraction of sp³-hybridized carbons (Fsp3) is 0.625. The van der Waals surface area contributed by atoms with Gasteiger partial charge in [0.2, 0.25) is 0 Å². The number of rotatable bonds is 9. The summed E-state index contributed by atoms with van der Waals surface area (Å²) in [4.78, 5) is 2.15. The predicted octanol–water partition coefficient (Wildman–Crippen LogP) is 1.67. The van der Waals surface area contributed by atoms with Crippen LogP contribution in [0.1, 0.15) is 25.0 Å². The van der Waals surface area contributed by atoms with E-state index in [0.29, 0.717) is 24.1 Å². The Morgan fingerprint density at radius 3 is 2.52 bits per heavy atom. The Kier molecular flexibility index (Phi) is 7.50. The maximum absolute atomic E-state index is 10.4. The summed E-state index contributed by atoms with van der Waals surface area (Å²) in [5.41, 5.74) is 0.740. The highest BCUT2D eigenvalue weighted by atomic mass is 16.5. The SMILES string of the molecule is COc1ccc(OC)c(C(O)CNC(C)CCN(C)C)c1. The molecule has 0 saturated heterocycles. The Balaban J connectivity index is 2.60. The fourth-order valence-electron chi connectivity index (χ4n) is 2.08. The van der Waals surface area contributed by atoms with E-state index >= 15 is 0 Å². The van der Waals surface area contributed by atoms with Crippen LogP contribution in [0.5, 0.6) is 11.5 Å². The number of methoxy groups -OCH3 is 2. The molecule has 2 N–H and O–H groups in total. The maximum Gasteiger partial charge on any atom is 0.124 e. The van der Waals surface area contributed by atoms with Crippen molar-refractivity contribution in [1.82, 2.24) is 10.2 Å². The second-order valence-electron chi connectivity index (χ2n) is 5.52. The van der Waals surface area contributed by atoms with Gasteiger partial charge in [-0.1, -0.05) is 0 Å². The second kappa shape index (κ2) is 8.87. The molecule has 1 rings (SSSR count). The summed E-state index contributed by atoms with van der Waals surface area (Å²) in [7, 11) is 7.33. The number of benzene rings is 1. The van der Waals surface area contributed by atoms with Gasteiger partial charge in [-0.2, -0.15) is 0 Å². The zero-order chi connectivity index (χ0) is 15.8. The topological polar surface area (TPSA) is 54.0 Å². The third-order valence-electron chi connectivity index (χ3n) is 3.46. The van der Waals surface area contributed by atoms with Crippen LogP contribution >= 0.6 is 0 Å². The van der Waals surface area contributed by atoms with Crippen LogP contribution in [0, 0.1) is 0 Å². The highest BCUT2D eigenvalue weighted by Gasteiger charge is 2.15. The number of hydrogen-bond acceptors (Lipinski definition) is 5. The number of nitrogens with zero attached hydrogens (tertiary/aromatic N) is 1. The van der Waals surface area contributed by atoms with Gasteiger partial charge in [-0.15, -0.1) is 0 Å². The molecule has 0 fully saturated rings. The van der Waals surface area contributed by atoms with Crippen LogP contribution in [-0.2, 0) is 0 Å². The summed E-state index contributed by atoms with van der Waals surface area (Å²) in [5, 5.41) is 13.7.